The minimum absolute atomic E-state index is 0.0340. The molecule has 21 heavy (non-hydrogen) atoms. The lowest BCUT2D eigenvalue weighted by molar-refractivity contribution is -0.384. The maximum absolute atomic E-state index is 11.2. The Kier molecular flexibility index (Phi) is 3.33. The number of carbonyl (C=O) groups excluding carboxylic acids is 1. The molecule has 0 radical (unpaired) electrons. The zero-order valence-electron chi connectivity index (χ0n) is 10.3. The standard InChI is InChI=1S/C12H6N6O3/c13-4-8-11(5-14)17(6-16-8)10-3-7(12(15)19)1-2-9(10)18(20)21/h1-3,6H,(H2,15,19). The van der Waals surface area contributed by atoms with Crippen LogP contribution in [0.15, 0.2) is 24.5 Å². The topological polar surface area (TPSA) is 152 Å². The first-order valence-electron chi connectivity index (χ1n) is 5.45. The van der Waals surface area contributed by atoms with E-state index in [1.807, 2.05) is 0 Å². The molecule has 0 atom stereocenters. The summed E-state index contributed by atoms with van der Waals surface area (Å²) in [5, 5.41) is 29.0. The number of aromatic nitrogens is 2. The van der Waals surface area contributed by atoms with Crippen LogP contribution in [0.1, 0.15) is 21.7 Å². The number of imidazole rings is 1. The van der Waals surface area contributed by atoms with Gasteiger partial charge in [0.05, 0.1) is 4.92 Å². The number of amides is 1. The van der Waals surface area contributed by atoms with Crippen molar-refractivity contribution >= 4 is 11.6 Å². The van der Waals surface area contributed by atoms with Crippen LogP contribution in [-0.4, -0.2) is 20.4 Å². The highest BCUT2D eigenvalue weighted by molar-refractivity contribution is 5.94. The smallest absolute Gasteiger partial charge is 0.293 e. The molecule has 2 N–H and O–H groups in total. The summed E-state index contributed by atoms with van der Waals surface area (Å²) < 4.78 is 1.07. The van der Waals surface area contributed by atoms with Crippen LogP contribution >= 0.6 is 0 Å². The van der Waals surface area contributed by atoms with Gasteiger partial charge in [0.1, 0.15) is 24.2 Å². The minimum Gasteiger partial charge on any atom is -0.366 e. The second-order valence-corrected chi connectivity index (χ2v) is 3.86. The lowest BCUT2D eigenvalue weighted by Gasteiger charge is -2.06. The van der Waals surface area contributed by atoms with Gasteiger partial charge in [-0.2, -0.15) is 10.5 Å². The second kappa shape index (κ2) is 5.11. The van der Waals surface area contributed by atoms with E-state index < -0.39 is 10.8 Å². The number of nitriles is 2. The number of nitrogens with two attached hydrogens (primary N) is 1. The van der Waals surface area contributed by atoms with Gasteiger partial charge < -0.3 is 5.73 Å². The molecule has 0 aliphatic rings. The Labute approximate surface area is 117 Å². The first-order chi connectivity index (χ1) is 9.99. The molecule has 0 aliphatic heterocycles. The number of nitro groups is 1. The summed E-state index contributed by atoms with van der Waals surface area (Å²) in [4.78, 5) is 25.3. The summed E-state index contributed by atoms with van der Waals surface area (Å²) in [5.41, 5.74) is 4.42. The summed E-state index contributed by atoms with van der Waals surface area (Å²) in [6, 6.07) is 6.93. The van der Waals surface area contributed by atoms with Crippen molar-refractivity contribution in [3.63, 3.8) is 0 Å². The van der Waals surface area contributed by atoms with Crippen LogP contribution in [0.4, 0.5) is 5.69 Å². The van der Waals surface area contributed by atoms with Gasteiger partial charge in [0.15, 0.2) is 11.4 Å². The molecule has 1 heterocycles. The van der Waals surface area contributed by atoms with Crippen molar-refractivity contribution in [1.82, 2.24) is 9.55 Å². The molecule has 0 fully saturated rings. The van der Waals surface area contributed by atoms with Crippen LogP contribution in [0.2, 0.25) is 0 Å². The highest BCUT2D eigenvalue weighted by atomic mass is 16.6. The fourth-order valence-corrected chi connectivity index (χ4v) is 1.74. The van der Waals surface area contributed by atoms with Crippen molar-refractivity contribution in [3.05, 3.63) is 51.6 Å². The molecule has 0 bridgehead atoms. The van der Waals surface area contributed by atoms with Crippen LogP contribution < -0.4 is 5.73 Å². The van der Waals surface area contributed by atoms with E-state index in [0.717, 1.165) is 17.0 Å². The zero-order valence-corrected chi connectivity index (χ0v) is 10.3. The van der Waals surface area contributed by atoms with Crippen molar-refractivity contribution in [2.24, 2.45) is 5.73 Å². The molecule has 102 valence electrons. The van der Waals surface area contributed by atoms with E-state index in [1.165, 1.54) is 12.1 Å². The molecule has 0 unspecified atom stereocenters. The molecule has 0 aliphatic carbocycles. The zero-order chi connectivity index (χ0) is 15.6. The van der Waals surface area contributed by atoms with Gasteiger partial charge in [-0.15, -0.1) is 0 Å². The molecule has 0 saturated carbocycles. The second-order valence-electron chi connectivity index (χ2n) is 3.86. The number of carbonyl (C=O) groups is 1. The van der Waals surface area contributed by atoms with Gasteiger partial charge >= 0.3 is 0 Å². The van der Waals surface area contributed by atoms with E-state index in [2.05, 4.69) is 4.98 Å². The van der Waals surface area contributed by atoms with E-state index in [4.69, 9.17) is 16.3 Å². The van der Waals surface area contributed by atoms with E-state index in [0.29, 0.717) is 0 Å². The minimum atomic E-state index is -0.773. The summed E-state index contributed by atoms with van der Waals surface area (Å²) in [6.45, 7) is 0. The summed E-state index contributed by atoms with van der Waals surface area (Å²) in [7, 11) is 0. The molecule has 0 spiro atoms. The third kappa shape index (κ3) is 2.27. The highest BCUT2D eigenvalue weighted by Gasteiger charge is 2.21. The summed E-state index contributed by atoms with van der Waals surface area (Å²) in [6.07, 6.45) is 1.10. The van der Waals surface area contributed by atoms with Crippen molar-refractivity contribution in [2.45, 2.75) is 0 Å². The van der Waals surface area contributed by atoms with Crippen molar-refractivity contribution < 1.29 is 9.72 Å². The van der Waals surface area contributed by atoms with Crippen LogP contribution in [0.3, 0.4) is 0 Å². The number of hydrogen-bond acceptors (Lipinski definition) is 6. The van der Waals surface area contributed by atoms with Gasteiger partial charge in [0.2, 0.25) is 5.91 Å². The average Bonchev–Trinajstić information content (AvgIpc) is 2.88. The normalized spacial score (nSPS) is 9.62. The largest absolute Gasteiger partial charge is 0.366 e. The Balaban J connectivity index is 2.79. The van der Waals surface area contributed by atoms with E-state index in [9.17, 15) is 14.9 Å². The third-order valence-electron chi connectivity index (χ3n) is 2.70. The van der Waals surface area contributed by atoms with Gasteiger partial charge in [0.25, 0.3) is 5.69 Å². The van der Waals surface area contributed by atoms with Gasteiger partial charge in [-0.1, -0.05) is 0 Å². The number of benzene rings is 1. The highest BCUT2D eigenvalue weighted by Crippen LogP contribution is 2.26. The number of primary amides is 1. The predicted octanol–water partition coefficient (Wildman–Crippen LogP) is 0.623. The number of rotatable bonds is 3. The van der Waals surface area contributed by atoms with E-state index >= 15 is 0 Å². The monoisotopic (exact) mass is 282 g/mol. The SMILES string of the molecule is N#Cc1ncn(-c2cc(C(N)=O)ccc2[N+](=O)[O-])c1C#N. The number of nitrogens with zero attached hydrogens (tertiary/aromatic N) is 5. The van der Waals surface area contributed by atoms with Crippen LogP contribution in [0.25, 0.3) is 5.69 Å². The molecule has 1 amide bonds. The van der Waals surface area contributed by atoms with Gasteiger partial charge in [-0.25, -0.2) is 4.98 Å². The molecule has 2 rings (SSSR count). The summed E-state index contributed by atoms with van der Waals surface area (Å²) >= 11 is 0. The van der Waals surface area contributed by atoms with Crippen LogP contribution in [-0.2, 0) is 0 Å². The predicted molar refractivity (Wildman–Crippen MR) is 68.2 cm³/mol. The maximum Gasteiger partial charge on any atom is 0.293 e. The van der Waals surface area contributed by atoms with Gasteiger partial charge in [-0.3, -0.25) is 19.5 Å². The van der Waals surface area contributed by atoms with Crippen molar-refractivity contribution in [2.75, 3.05) is 0 Å². The number of hydrogen-bond donors (Lipinski definition) is 1. The molecular formula is C12H6N6O3. The van der Waals surface area contributed by atoms with Gasteiger partial charge in [0, 0.05) is 11.6 Å². The first kappa shape index (κ1) is 13.7. The Hall–Kier alpha value is -3.72. The van der Waals surface area contributed by atoms with Crippen LogP contribution in [0.5, 0.6) is 0 Å². The Morgan fingerprint density at radius 1 is 1.38 bits per heavy atom. The average molecular weight is 282 g/mol. The third-order valence-corrected chi connectivity index (χ3v) is 2.70. The lowest BCUT2D eigenvalue weighted by Crippen LogP contribution is -2.12. The Morgan fingerprint density at radius 2 is 2.10 bits per heavy atom. The van der Waals surface area contributed by atoms with Crippen LogP contribution in [0, 0.1) is 32.8 Å². The quantitative estimate of drug-likeness (QED) is 0.643. The molecule has 9 nitrogen and oxygen atoms in total. The molecular weight excluding hydrogens is 276 g/mol. The fraction of sp³-hybridized carbons (Fsp3) is 0. The molecule has 0 saturated heterocycles. The molecule has 9 heteroatoms. The first-order valence-corrected chi connectivity index (χ1v) is 5.45. The van der Waals surface area contributed by atoms with Crippen molar-refractivity contribution in [1.29, 1.82) is 10.5 Å². The van der Waals surface area contributed by atoms with Crippen molar-refractivity contribution in [3.8, 4) is 17.8 Å². The number of nitro benzene ring substituents is 1. The van der Waals surface area contributed by atoms with E-state index in [-0.39, 0.29) is 28.3 Å². The molecule has 2 aromatic rings. The van der Waals surface area contributed by atoms with Gasteiger partial charge in [-0.05, 0) is 12.1 Å². The Morgan fingerprint density at radius 3 is 2.62 bits per heavy atom. The van der Waals surface area contributed by atoms with E-state index in [1.54, 1.807) is 12.1 Å². The Bertz CT molecular complexity index is 840. The lowest BCUT2D eigenvalue weighted by atomic mass is 10.1. The maximum atomic E-state index is 11.2. The molecule has 1 aromatic carbocycles. The molecule has 1 aromatic heterocycles. The summed E-state index contributed by atoms with van der Waals surface area (Å²) in [5.74, 6) is -0.773. The fourth-order valence-electron chi connectivity index (χ4n) is 1.74.